The minimum atomic E-state index is -0.366. The summed E-state index contributed by atoms with van der Waals surface area (Å²) in [5.74, 6) is 2.11. The molecule has 2 aromatic heterocycles. The molecule has 2 N–H and O–H groups in total. The number of hydrogen-bond acceptors (Lipinski definition) is 7. The first-order valence-electron chi connectivity index (χ1n) is 12.2. The maximum atomic E-state index is 9.47. The van der Waals surface area contributed by atoms with Gasteiger partial charge in [-0.2, -0.15) is 5.21 Å². The lowest BCUT2D eigenvalue weighted by atomic mass is 9.90. The van der Waals surface area contributed by atoms with Gasteiger partial charge in [0.1, 0.15) is 12.4 Å². The molecule has 188 valence electrons. The van der Waals surface area contributed by atoms with Crippen molar-refractivity contribution in [3.8, 4) is 22.8 Å². The summed E-state index contributed by atoms with van der Waals surface area (Å²) < 4.78 is 11.9. The smallest absolute Gasteiger partial charge is 0.213 e. The van der Waals surface area contributed by atoms with Gasteiger partial charge >= 0.3 is 0 Å². The molecule has 0 bridgehead atoms. The van der Waals surface area contributed by atoms with Crippen LogP contribution in [0.2, 0.25) is 0 Å². The zero-order chi connectivity index (χ0) is 25.5. The molecule has 0 spiro atoms. The number of aryl methyl sites for hydroxylation is 4. The van der Waals surface area contributed by atoms with Crippen molar-refractivity contribution in [1.82, 2.24) is 25.6 Å². The molecule has 0 unspecified atom stereocenters. The van der Waals surface area contributed by atoms with Crippen molar-refractivity contribution in [3.05, 3.63) is 82.3 Å². The Labute approximate surface area is 211 Å². The molecule has 0 aliphatic carbocycles. The SMILES string of the molecule is Cc1cc(OCC[C@H](C)O)cc(C)c1-c1cccc(COc2ccc(CCc3nn[nH]n3)cn2)c1C. The van der Waals surface area contributed by atoms with E-state index in [1.807, 2.05) is 18.3 Å². The molecule has 36 heavy (non-hydrogen) atoms. The van der Waals surface area contributed by atoms with Gasteiger partial charge in [-0.05, 0) is 85.2 Å². The van der Waals surface area contributed by atoms with E-state index in [9.17, 15) is 5.11 Å². The first-order chi connectivity index (χ1) is 17.4. The number of pyridine rings is 1. The molecule has 2 heterocycles. The van der Waals surface area contributed by atoms with Crippen LogP contribution in [0, 0.1) is 20.8 Å². The van der Waals surface area contributed by atoms with Gasteiger partial charge in [0, 0.05) is 25.1 Å². The van der Waals surface area contributed by atoms with E-state index in [2.05, 4.69) is 76.7 Å². The number of hydrogen-bond donors (Lipinski definition) is 2. The standard InChI is InChI=1S/C28H33N5O3/c1-18-14-24(35-13-12-20(3)34)15-19(2)28(18)25-7-5-6-23(21(25)4)17-36-27-11-9-22(16-29-27)8-10-26-30-32-33-31-26/h5-7,9,11,14-16,20,34H,8,10,12-13,17H2,1-4H3,(H,30,31,32,33)/t20-/m0/s1. The molecule has 0 aliphatic rings. The first-order valence-corrected chi connectivity index (χ1v) is 12.2. The zero-order valence-corrected chi connectivity index (χ0v) is 21.3. The van der Waals surface area contributed by atoms with Gasteiger partial charge in [0.15, 0.2) is 5.82 Å². The van der Waals surface area contributed by atoms with Crippen LogP contribution in [0.4, 0.5) is 0 Å². The molecular formula is C28H33N5O3. The lowest BCUT2D eigenvalue weighted by Gasteiger charge is -2.18. The van der Waals surface area contributed by atoms with Crippen molar-refractivity contribution in [2.45, 2.75) is 59.7 Å². The van der Waals surface area contributed by atoms with Crippen LogP contribution in [0.1, 0.15) is 47.0 Å². The first kappa shape index (κ1) is 25.3. The third-order valence-electron chi connectivity index (χ3n) is 6.23. The van der Waals surface area contributed by atoms with Crippen LogP contribution in [0.3, 0.4) is 0 Å². The monoisotopic (exact) mass is 487 g/mol. The molecule has 8 heteroatoms. The minimum absolute atomic E-state index is 0.366. The fraction of sp³-hybridized carbons (Fsp3) is 0.357. The summed E-state index contributed by atoms with van der Waals surface area (Å²) in [7, 11) is 0. The number of aromatic nitrogens is 5. The summed E-state index contributed by atoms with van der Waals surface area (Å²) in [4.78, 5) is 4.46. The highest BCUT2D eigenvalue weighted by Gasteiger charge is 2.13. The van der Waals surface area contributed by atoms with E-state index in [1.165, 1.54) is 16.7 Å². The third kappa shape index (κ3) is 6.46. The van der Waals surface area contributed by atoms with Crippen molar-refractivity contribution in [2.75, 3.05) is 6.61 Å². The van der Waals surface area contributed by atoms with Crippen molar-refractivity contribution in [3.63, 3.8) is 0 Å². The van der Waals surface area contributed by atoms with Gasteiger partial charge in [-0.25, -0.2) is 4.98 Å². The Balaban J connectivity index is 1.42. The van der Waals surface area contributed by atoms with Crippen LogP contribution in [-0.4, -0.2) is 43.4 Å². The molecular weight excluding hydrogens is 454 g/mol. The molecule has 4 rings (SSSR count). The predicted molar refractivity (Wildman–Crippen MR) is 138 cm³/mol. The Morgan fingerprint density at radius 3 is 2.47 bits per heavy atom. The fourth-order valence-corrected chi connectivity index (χ4v) is 4.23. The van der Waals surface area contributed by atoms with Crippen LogP contribution in [-0.2, 0) is 19.4 Å². The number of H-pyrrole nitrogens is 1. The number of aliphatic hydroxyl groups is 1. The van der Waals surface area contributed by atoms with Crippen LogP contribution in [0.5, 0.6) is 11.6 Å². The van der Waals surface area contributed by atoms with E-state index in [4.69, 9.17) is 9.47 Å². The van der Waals surface area contributed by atoms with Gasteiger partial charge in [0.05, 0.1) is 12.7 Å². The largest absolute Gasteiger partial charge is 0.493 e. The number of nitrogens with zero attached hydrogens (tertiary/aromatic N) is 4. The van der Waals surface area contributed by atoms with E-state index in [0.29, 0.717) is 37.8 Å². The second-order valence-corrected chi connectivity index (χ2v) is 9.13. The normalized spacial score (nSPS) is 11.9. The van der Waals surface area contributed by atoms with Gasteiger partial charge in [-0.15, -0.1) is 10.2 Å². The molecule has 0 amide bonds. The van der Waals surface area contributed by atoms with Crippen molar-refractivity contribution < 1.29 is 14.6 Å². The molecule has 0 radical (unpaired) electrons. The summed E-state index contributed by atoms with van der Waals surface area (Å²) in [6.45, 7) is 9.05. The van der Waals surface area contributed by atoms with E-state index in [0.717, 1.165) is 34.4 Å². The Morgan fingerprint density at radius 1 is 1.00 bits per heavy atom. The Hall–Kier alpha value is -3.78. The Morgan fingerprint density at radius 2 is 1.81 bits per heavy atom. The highest BCUT2D eigenvalue weighted by molar-refractivity contribution is 5.75. The van der Waals surface area contributed by atoms with Crippen molar-refractivity contribution >= 4 is 0 Å². The molecule has 0 saturated heterocycles. The van der Waals surface area contributed by atoms with E-state index < -0.39 is 0 Å². The molecule has 0 aliphatic heterocycles. The van der Waals surface area contributed by atoms with E-state index in [1.54, 1.807) is 6.92 Å². The minimum Gasteiger partial charge on any atom is -0.493 e. The van der Waals surface area contributed by atoms with Crippen molar-refractivity contribution in [1.29, 1.82) is 0 Å². The number of benzene rings is 2. The summed E-state index contributed by atoms with van der Waals surface area (Å²) in [6.07, 6.45) is 3.57. The fourth-order valence-electron chi connectivity index (χ4n) is 4.23. The van der Waals surface area contributed by atoms with Gasteiger partial charge in [0.2, 0.25) is 5.88 Å². The maximum Gasteiger partial charge on any atom is 0.213 e. The zero-order valence-electron chi connectivity index (χ0n) is 21.3. The van der Waals surface area contributed by atoms with Crippen molar-refractivity contribution in [2.24, 2.45) is 0 Å². The van der Waals surface area contributed by atoms with Gasteiger partial charge < -0.3 is 14.6 Å². The third-order valence-corrected chi connectivity index (χ3v) is 6.23. The molecule has 0 saturated carbocycles. The van der Waals surface area contributed by atoms with Gasteiger partial charge in [-0.1, -0.05) is 29.5 Å². The second-order valence-electron chi connectivity index (χ2n) is 9.13. The van der Waals surface area contributed by atoms with Crippen LogP contribution < -0.4 is 9.47 Å². The Bertz CT molecular complexity index is 1250. The number of tetrazole rings is 1. The summed E-state index contributed by atoms with van der Waals surface area (Å²) in [6, 6.07) is 14.4. The number of aliphatic hydroxyl groups excluding tert-OH is 1. The average Bonchev–Trinajstić information content (AvgIpc) is 3.37. The summed E-state index contributed by atoms with van der Waals surface area (Å²) in [5, 5.41) is 23.5. The lowest BCUT2D eigenvalue weighted by Crippen LogP contribution is -2.08. The van der Waals surface area contributed by atoms with Gasteiger partial charge in [-0.3, -0.25) is 0 Å². The topological polar surface area (TPSA) is 106 Å². The number of ether oxygens (including phenoxy) is 2. The number of nitrogens with one attached hydrogen (secondary N) is 1. The molecule has 1 atom stereocenters. The highest BCUT2D eigenvalue weighted by atomic mass is 16.5. The highest BCUT2D eigenvalue weighted by Crippen LogP contribution is 2.34. The molecule has 8 nitrogen and oxygen atoms in total. The number of rotatable bonds is 11. The quantitative estimate of drug-likeness (QED) is 0.316. The Kier molecular flexibility index (Phi) is 8.28. The number of aromatic amines is 1. The second kappa shape index (κ2) is 11.8. The molecule has 4 aromatic rings. The molecule has 0 fully saturated rings. The van der Waals surface area contributed by atoms with Gasteiger partial charge in [0.25, 0.3) is 0 Å². The predicted octanol–water partition coefficient (Wildman–Crippen LogP) is 4.70. The summed E-state index contributed by atoms with van der Waals surface area (Å²) >= 11 is 0. The lowest BCUT2D eigenvalue weighted by molar-refractivity contribution is 0.155. The van der Waals surface area contributed by atoms with Crippen LogP contribution >= 0.6 is 0 Å². The summed E-state index contributed by atoms with van der Waals surface area (Å²) in [5.41, 5.74) is 8.10. The van der Waals surface area contributed by atoms with E-state index in [-0.39, 0.29) is 6.10 Å². The van der Waals surface area contributed by atoms with Crippen LogP contribution in [0.15, 0.2) is 48.7 Å². The molecule has 2 aromatic carbocycles. The maximum absolute atomic E-state index is 9.47. The van der Waals surface area contributed by atoms with Crippen LogP contribution in [0.25, 0.3) is 11.1 Å². The van der Waals surface area contributed by atoms with E-state index >= 15 is 0 Å². The average molecular weight is 488 g/mol.